The number of aromatic amines is 1. The highest BCUT2D eigenvalue weighted by Gasteiger charge is 2.16. The van der Waals surface area contributed by atoms with Gasteiger partial charge in [0.15, 0.2) is 5.43 Å². The van der Waals surface area contributed by atoms with Gasteiger partial charge in [-0.15, -0.1) is 0 Å². The first-order chi connectivity index (χ1) is 6.77. The van der Waals surface area contributed by atoms with Gasteiger partial charge in [0, 0.05) is 29.6 Å². The summed E-state index contributed by atoms with van der Waals surface area (Å²) in [5.74, 6) is 0. The molecule has 0 spiro atoms. The predicted molar refractivity (Wildman–Crippen MR) is 56.4 cm³/mol. The highest BCUT2D eigenvalue weighted by atomic mass is 16.1. The largest absolute Gasteiger partial charge is 0.365 e. The summed E-state index contributed by atoms with van der Waals surface area (Å²) >= 11 is 0. The Kier molecular flexibility index (Phi) is 2.68. The van der Waals surface area contributed by atoms with Crippen molar-refractivity contribution >= 4 is 0 Å². The summed E-state index contributed by atoms with van der Waals surface area (Å²) in [5.41, 5.74) is 1.96. The molecule has 0 radical (unpaired) electrons. The molecule has 3 nitrogen and oxygen atoms in total. The smallest absolute Gasteiger partial charge is 0.186 e. The van der Waals surface area contributed by atoms with E-state index in [0.29, 0.717) is 0 Å². The number of nitrogens with one attached hydrogen (secondary N) is 2. The lowest BCUT2D eigenvalue weighted by Gasteiger charge is -2.23. The van der Waals surface area contributed by atoms with Crippen LogP contribution in [0.25, 0.3) is 0 Å². The molecule has 1 aliphatic rings. The van der Waals surface area contributed by atoms with Crippen LogP contribution in [-0.4, -0.2) is 11.5 Å². The number of hydrogen-bond donors (Lipinski definition) is 2. The number of piperidine rings is 1. The Bertz CT molecular complexity index is 364. The van der Waals surface area contributed by atoms with Crippen LogP contribution < -0.4 is 10.7 Å². The van der Waals surface area contributed by atoms with E-state index in [1.54, 1.807) is 6.07 Å². The highest BCUT2D eigenvalue weighted by molar-refractivity contribution is 5.18. The third kappa shape index (κ3) is 1.87. The van der Waals surface area contributed by atoms with Gasteiger partial charge in [0.1, 0.15) is 0 Å². The molecule has 2 heterocycles. The second-order valence-electron chi connectivity index (χ2n) is 3.94. The maximum atomic E-state index is 11.7. The molecule has 0 amide bonds. The van der Waals surface area contributed by atoms with E-state index in [-0.39, 0.29) is 11.5 Å². The van der Waals surface area contributed by atoms with Gasteiger partial charge < -0.3 is 10.3 Å². The summed E-state index contributed by atoms with van der Waals surface area (Å²) in [6, 6.07) is 1.93. The normalized spacial score (nSPS) is 22.2. The zero-order chi connectivity index (χ0) is 9.97. The summed E-state index contributed by atoms with van der Waals surface area (Å²) < 4.78 is 0. The van der Waals surface area contributed by atoms with Crippen molar-refractivity contribution in [2.24, 2.45) is 0 Å². The molecule has 0 aromatic carbocycles. The molecular weight excluding hydrogens is 176 g/mol. The van der Waals surface area contributed by atoms with Gasteiger partial charge in [-0.1, -0.05) is 6.42 Å². The van der Waals surface area contributed by atoms with Crippen LogP contribution in [0.2, 0.25) is 0 Å². The first kappa shape index (κ1) is 9.46. The Morgan fingerprint density at radius 2 is 2.29 bits per heavy atom. The van der Waals surface area contributed by atoms with Gasteiger partial charge in [-0.05, 0) is 26.3 Å². The van der Waals surface area contributed by atoms with Crippen LogP contribution in [0.15, 0.2) is 17.1 Å². The van der Waals surface area contributed by atoms with Crippen molar-refractivity contribution in [3.8, 4) is 0 Å². The summed E-state index contributed by atoms with van der Waals surface area (Å²) in [5, 5.41) is 3.38. The van der Waals surface area contributed by atoms with Crippen LogP contribution in [0.1, 0.15) is 36.6 Å². The molecule has 1 saturated heterocycles. The van der Waals surface area contributed by atoms with Gasteiger partial charge in [0.25, 0.3) is 0 Å². The number of pyridine rings is 1. The molecule has 2 rings (SSSR count). The van der Waals surface area contributed by atoms with Crippen molar-refractivity contribution in [2.75, 3.05) is 6.54 Å². The quantitative estimate of drug-likeness (QED) is 0.708. The van der Waals surface area contributed by atoms with Crippen LogP contribution in [0.4, 0.5) is 0 Å². The van der Waals surface area contributed by atoms with E-state index in [9.17, 15) is 4.79 Å². The summed E-state index contributed by atoms with van der Waals surface area (Å²) in [6.07, 6.45) is 5.36. The fourth-order valence-corrected chi connectivity index (χ4v) is 1.97. The molecule has 0 bridgehead atoms. The molecule has 3 heteroatoms. The fourth-order valence-electron chi connectivity index (χ4n) is 1.97. The van der Waals surface area contributed by atoms with Gasteiger partial charge >= 0.3 is 0 Å². The summed E-state index contributed by atoms with van der Waals surface area (Å²) in [6.45, 7) is 2.93. The topological polar surface area (TPSA) is 44.9 Å². The maximum absolute atomic E-state index is 11.7. The minimum absolute atomic E-state index is 0.153. The van der Waals surface area contributed by atoms with Gasteiger partial charge in [0.2, 0.25) is 0 Å². The second-order valence-corrected chi connectivity index (χ2v) is 3.94. The average molecular weight is 192 g/mol. The molecule has 1 aromatic rings. The van der Waals surface area contributed by atoms with Crippen molar-refractivity contribution in [3.63, 3.8) is 0 Å². The maximum Gasteiger partial charge on any atom is 0.186 e. The molecule has 1 fully saturated rings. The number of H-pyrrole nitrogens is 1. The summed E-state index contributed by atoms with van der Waals surface area (Å²) in [4.78, 5) is 14.8. The highest BCUT2D eigenvalue weighted by Crippen LogP contribution is 2.19. The van der Waals surface area contributed by atoms with Gasteiger partial charge in [0.05, 0.1) is 0 Å². The Morgan fingerprint density at radius 1 is 1.43 bits per heavy atom. The number of aryl methyl sites for hydroxylation is 1. The van der Waals surface area contributed by atoms with Gasteiger partial charge in [-0.2, -0.15) is 0 Å². The van der Waals surface area contributed by atoms with Crippen LogP contribution in [0, 0.1) is 6.92 Å². The third-order valence-electron chi connectivity index (χ3n) is 2.77. The molecule has 1 atom stereocenters. The van der Waals surface area contributed by atoms with Gasteiger partial charge in [-0.3, -0.25) is 4.79 Å². The molecule has 1 aliphatic heterocycles. The second kappa shape index (κ2) is 3.96. The van der Waals surface area contributed by atoms with Gasteiger partial charge in [-0.25, -0.2) is 0 Å². The minimum atomic E-state index is 0.153. The lowest BCUT2D eigenvalue weighted by molar-refractivity contribution is 0.410. The molecule has 1 unspecified atom stereocenters. The molecule has 1 aromatic heterocycles. The lowest BCUT2D eigenvalue weighted by Crippen LogP contribution is -2.30. The van der Waals surface area contributed by atoms with Crippen molar-refractivity contribution in [3.05, 3.63) is 33.7 Å². The zero-order valence-corrected chi connectivity index (χ0v) is 8.47. The Balaban J connectivity index is 2.26. The van der Waals surface area contributed by atoms with E-state index in [1.165, 1.54) is 12.8 Å². The fraction of sp³-hybridized carbons (Fsp3) is 0.545. The van der Waals surface area contributed by atoms with E-state index in [0.717, 1.165) is 24.2 Å². The number of aromatic nitrogens is 1. The van der Waals surface area contributed by atoms with Crippen LogP contribution in [-0.2, 0) is 0 Å². The SMILES string of the molecule is Cc1cc(=O)c(C2CCCCN2)c[nH]1. The Labute approximate surface area is 83.5 Å². The Morgan fingerprint density at radius 3 is 2.93 bits per heavy atom. The number of hydrogen-bond acceptors (Lipinski definition) is 2. The van der Waals surface area contributed by atoms with Crippen molar-refractivity contribution in [2.45, 2.75) is 32.2 Å². The molecule has 76 valence electrons. The summed E-state index contributed by atoms with van der Waals surface area (Å²) in [7, 11) is 0. The molecule has 14 heavy (non-hydrogen) atoms. The van der Waals surface area contributed by atoms with Crippen molar-refractivity contribution in [1.82, 2.24) is 10.3 Å². The van der Waals surface area contributed by atoms with Crippen LogP contribution >= 0.6 is 0 Å². The van der Waals surface area contributed by atoms with Crippen molar-refractivity contribution < 1.29 is 0 Å². The van der Waals surface area contributed by atoms with E-state index in [2.05, 4.69) is 10.3 Å². The average Bonchev–Trinajstić information content (AvgIpc) is 2.19. The molecule has 2 N–H and O–H groups in total. The van der Waals surface area contributed by atoms with E-state index < -0.39 is 0 Å². The zero-order valence-electron chi connectivity index (χ0n) is 8.47. The van der Waals surface area contributed by atoms with Crippen molar-refractivity contribution in [1.29, 1.82) is 0 Å². The third-order valence-corrected chi connectivity index (χ3v) is 2.77. The first-order valence-corrected chi connectivity index (χ1v) is 5.20. The van der Waals surface area contributed by atoms with E-state index in [4.69, 9.17) is 0 Å². The Hall–Kier alpha value is -1.09. The molecular formula is C11H16N2O. The number of rotatable bonds is 1. The predicted octanol–water partition coefficient (Wildman–Crippen LogP) is 1.50. The van der Waals surface area contributed by atoms with E-state index in [1.807, 2.05) is 13.1 Å². The van der Waals surface area contributed by atoms with Crippen LogP contribution in [0.3, 0.4) is 0 Å². The molecule has 0 aliphatic carbocycles. The van der Waals surface area contributed by atoms with E-state index >= 15 is 0 Å². The molecule has 0 saturated carbocycles. The van der Waals surface area contributed by atoms with Crippen LogP contribution in [0.5, 0.6) is 0 Å². The standard InChI is InChI=1S/C11H16N2O/c1-8-6-11(14)9(7-13-8)10-4-2-3-5-12-10/h6-7,10,12H,2-5H2,1H3,(H,13,14). The minimum Gasteiger partial charge on any atom is -0.365 e. The lowest BCUT2D eigenvalue weighted by atomic mass is 9.98. The first-order valence-electron chi connectivity index (χ1n) is 5.20. The monoisotopic (exact) mass is 192 g/mol.